The molecule has 1 aromatic heterocycles. The molecule has 1 heterocycles. The van der Waals surface area contributed by atoms with E-state index in [0.29, 0.717) is 11.4 Å². The van der Waals surface area contributed by atoms with E-state index in [0.717, 1.165) is 5.56 Å². The van der Waals surface area contributed by atoms with E-state index in [-0.39, 0.29) is 0 Å². The zero-order chi connectivity index (χ0) is 11.6. The molecule has 4 nitrogen and oxygen atoms in total. The molecular formula is C11H18N2O2. The van der Waals surface area contributed by atoms with E-state index in [2.05, 4.69) is 4.98 Å². The standard InChI is InChI=1S/C11H18N2O2/c1-7-5-6-13-10(12)8(7)9(14)11(2,3)15-4/h5-6,9,14H,1-4H3,(H2,12,13). The van der Waals surface area contributed by atoms with Gasteiger partial charge in [0, 0.05) is 18.9 Å². The van der Waals surface area contributed by atoms with Crippen molar-refractivity contribution in [3.05, 3.63) is 23.4 Å². The summed E-state index contributed by atoms with van der Waals surface area (Å²) in [6.45, 7) is 5.51. The molecule has 84 valence electrons. The number of methoxy groups -OCH3 is 1. The number of hydrogen-bond acceptors (Lipinski definition) is 4. The molecule has 0 aliphatic carbocycles. The van der Waals surface area contributed by atoms with E-state index in [1.54, 1.807) is 13.3 Å². The average molecular weight is 210 g/mol. The van der Waals surface area contributed by atoms with Crippen LogP contribution in [0.4, 0.5) is 5.82 Å². The summed E-state index contributed by atoms with van der Waals surface area (Å²) < 4.78 is 5.23. The molecule has 1 atom stereocenters. The number of nitrogen functional groups attached to an aromatic ring is 1. The summed E-state index contributed by atoms with van der Waals surface area (Å²) in [5.41, 5.74) is 6.63. The van der Waals surface area contributed by atoms with Crippen LogP contribution in [0.15, 0.2) is 12.3 Å². The van der Waals surface area contributed by atoms with Crippen molar-refractivity contribution in [2.75, 3.05) is 12.8 Å². The number of nitrogens with two attached hydrogens (primary N) is 1. The Morgan fingerprint density at radius 3 is 2.60 bits per heavy atom. The predicted molar refractivity (Wildman–Crippen MR) is 59.4 cm³/mol. The zero-order valence-electron chi connectivity index (χ0n) is 9.61. The van der Waals surface area contributed by atoms with Crippen LogP contribution in [0.3, 0.4) is 0 Å². The highest BCUT2D eigenvalue weighted by Gasteiger charge is 2.31. The Bertz CT molecular complexity index is 330. The first-order valence-electron chi connectivity index (χ1n) is 4.84. The molecule has 0 saturated carbocycles. The van der Waals surface area contributed by atoms with Gasteiger partial charge in [0.05, 0.1) is 5.60 Å². The molecule has 0 amide bonds. The second kappa shape index (κ2) is 4.16. The lowest BCUT2D eigenvalue weighted by Gasteiger charge is -2.30. The summed E-state index contributed by atoms with van der Waals surface area (Å²) in [6.07, 6.45) is 0.844. The quantitative estimate of drug-likeness (QED) is 0.792. The second-order valence-electron chi connectivity index (χ2n) is 4.14. The highest BCUT2D eigenvalue weighted by Crippen LogP contribution is 2.32. The van der Waals surface area contributed by atoms with Crippen LogP contribution in [0.25, 0.3) is 0 Å². The van der Waals surface area contributed by atoms with Gasteiger partial charge in [-0.25, -0.2) is 4.98 Å². The topological polar surface area (TPSA) is 68.4 Å². The number of aromatic nitrogens is 1. The molecule has 0 saturated heterocycles. The molecule has 1 rings (SSSR count). The molecule has 0 aliphatic heterocycles. The number of rotatable bonds is 3. The number of pyridine rings is 1. The van der Waals surface area contributed by atoms with Crippen LogP contribution in [0.2, 0.25) is 0 Å². The Morgan fingerprint density at radius 2 is 2.13 bits per heavy atom. The number of nitrogens with zero attached hydrogens (tertiary/aromatic N) is 1. The third-order valence-corrected chi connectivity index (χ3v) is 2.70. The molecule has 3 N–H and O–H groups in total. The predicted octanol–water partition coefficient (Wildman–Crippen LogP) is 1.43. The molecule has 4 heteroatoms. The van der Waals surface area contributed by atoms with Gasteiger partial charge in [-0.3, -0.25) is 0 Å². The van der Waals surface area contributed by atoms with Crippen LogP contribution in [0.5, 0.6) is 0 Å². The molecule has 1 aromatic rings. The van der Waals surface area contributed by atoms with E-state index < -0.39 is 11.7 Å². The summed E-state index contributed by atoms with van der Waals surface area (Å²) in [4.78, 5) is 3.97. The molecular weight excluding hydrogens is 192 g/mol. The van der Waals surface area contributed by atoms with Crippen molar-refractivity contribution in [1.29, 1.82) is 0 Å². The fourth-order valence-corrected chi connectivity index (χ4v) is 1.41. The highest BCUT2D eigenvalue weighted by molar-refractivity contribution is 5.46. The maximum atomic E-state index is 10.2. The van der Waals surface area contributed by atoms with E-state index in [1.165, 1.54) is 0 Å². The zero-order valence-corrected chi connectivity index (χ0v) is 9.61. The van der Waals surface area contributed by atoms with Crippen LogP contribution in [0.1, 0.15) is 31.1 Å². The summed E-state index contributed by atoms with van der Waals surface area (Å²) in [6, 6.07) is 1.82. The molecule has 0 aliphatic rings. The summed E-state index contributed by atoms with van der Waals surface area (Å²) >= 11 is 0. The monoisotopic (exact) mass is 210 g/mol. The lowest BCUT2D eigenvalue weighted by atomic mass is 9.92. The van der Waals surface area contributed by atoms with E-state index in [4.69, 9.17) is 10.5 Å². The molecule has 0 spiro atoms. The average Bonchev–Trinajstić information content (AvgIpc) is 2.17. The lowest BCUT2D eigenvalue weighted by Crippen LogP contribution is -2.32. The smallest absolute Gasteiger partial charge is 0.129 e. The molecule has 0 bridgehead atoms. The Kier molecular flexibility index (Phi) is 3.31. The Labute approximate surface area is 90.1 Å². The summed E-state index contributed by atoms with van der Waals surface area (Å²) in [5, 5.41) is 10.2. The minimum Gasteiger partial charge on any atom is -0.385 e. The number of aliphatic hydroxyl groups excluding tert-OH is 1. The van der Waals surface area contributed by atoms with Crippen molar-refractivity contribution < 1.29 is 9.84 Å². The van der Waals surface area contributed by atoms with Crippen LogP contribution < -0.4 is 5.73 Å². The number of aryl methyl sites for hydroxylation is 1. The van der Waals surface area contributed by atoms with Crippen molar-refractivity contribution >= 4 is 5.82 Å². The van der Waals surface area contributed by atoms with Crippen LogP contribution >= 0.6 is 0 Å². The van der Waals surface area contributed by atoms with Gasteiger partial charge >= 0.3 is 0 Å². The summed E-state index contributed by atoms with van der Waals surface area (Å²) in [7, 11) is 1.56. The maximum absolute atomic E-state index is 10.2. The van der Waals surface area contributed by atoms with Gasteiger partial charge in [0.1, 0.15) is 11.9 Å². The third kappa shape index (κ3) is 2.27. The van der Waals surface area contributed by atoms with E-state index in [9.17, 15) is 5.11 Å². The molecule has 1 unspecified atom stereocenters. The van der Waals surface area contributed by atoms with Gasteiger partial charge in [-0.05, 0) is 32.4 Å². The minimum absolute atomic E-state index is 0.354. The largest absolute Gasteiger partial charge is 0.385 e. The SMILES string of the molecule is COC(C)(C)C(O)c1c(C)ccnc1N. The van der Waals surface area contributed by atoms with Crippen molar-refractivity contribution in [2.45, 2.75) is 32.5 Å². The first-order chi connectivity index (χ1) is 6.90. The summed E-state index contributed by atoms with van der Waals surface area (Å²) in [5.74, 6) is 0.354. The van der Waals surface area contributed by atoms with Gasteiger partial charge < -0.3 is 15.6 Å². The fraction of sp³-hybridized carbons (Fsp3) is 0.545. The van der Waals surface area contributed by atoms with Crippen molar-refractivity contribution in [3.8, 4) is 0 Å². The van der Waals surface area contributed by atoms with Gasteiger partial charge in [0.2, 0.25) is 0 Å². The van der Waals surface area contributed by atoms with Crippen molar-refractivity contribution in [3.63, 3.8) is 0 Å². The Balaban J connectivity index is 3.16. The lowest BCUT2D eigenvalue weighted by molar-refractivity contribution is -0.0793. The molecule has 0 radical (unpaired) electrons. The third-order valence-electron chi connectivity index (χ3n) is 2.70. The van der Waals surface area contributed by atoms with Gasteiger partial charge in [0.25, 0.3) is 0 Å². The molecule has 0 fully saturated rings. The number of aliphatic hydroxyl groups is 1. The van der Waals surface area contributed by atoms with Gasteiger partial charge in [-0.15, -0.1) is 0 Å². The number of ether oxygens (including phenoxy) is 1. The van der Waals surface area contributed by atoms with E-state index in [1.807, 2.05) is 26.8 Å². The van der Waals surface area contributed by atoms with Gasteiger partial charge in [-0.2, -0.15) is 0 Å². The normalized spacial score (nSPS) is 13.9. The Hall–Kier alpha value is -1.13. The van der Waals surface area contributed by atoms with Gasteiger partial charge in [-0.1, -0.05) is 0 Å². The maximum Gasteiger partial charge on any atom is 0.129 e. The van der Waals surface area contributed by atoms with Crippen molar-refractivity contribution in [2.24, 2.45) is 0 Å². The first-order valence-corrected chi connectivity index (χ1v) is 4.84. The first kappa shape index (κ1) is 11.9. The Morgan fingerprint density at radius 1 is 1.53 bits per heavy atom. The highest BCUT2D eigenvalue weighted by atomic mass is 16.5. The molecule has 0 aromatic carbocycles. The van der Waals surface area contributed by atoms with Crippen LogP contribution in [-0.2, 0) is 4.74 Å². The van der Waals surface area contributed by atoms with Gasteiger partial charge in [0.15, 0.2) is 0 Å². The van der Waals surface area contributed by atoms with Crippen molar-refractivity contribution in [1.82, 2.24) is 4.98 Å². The van der Waals surface area contributed by atoms with E-state index >= 15 is 0 Å². The number of anilines is 1. The molecule has 15 heavy (non-hydrogen) atoms. The fourth-order valence-electron chi connectivity index (χ4n) is 1.41. The van der Waals surface area contributed by atoms with Crippen LogP contribution in [0, 0.1) is 6.92 Å². The number of hydrogen-bond donors (Lipinski definition) is 2. The van der Waals surface area contributed by atoms with Crippen LogP contribution in [-0.4, -0.2) is 22.8 Å². The second-order valence-corrected chi connectivity index (χ2v) is 4.14. The minimum atomic E-state index is -0.781.